The van der Waals surface area contributed by atoms with Crippen molar-refractivity contribution in [2.24, 2.45) is 0 Å². The number of halogens is 1. The van der Waals surface area contributed by atoms with Gasteiger partial charge in [0.25, 0.3) is 5.91 Å². The number of amides is 1. The molecule has 0 aliphatic carbocycles. The lowest BCUT2D eigenvalue weighted by Gasteiger charge is -2.15. The quantitative estimate of drug-likeness (QED) is 0.650. The van der Waals surface area contributed by atoms with Crippen molar-refractivity contribution in [3.63, 3.8) is 0 Å². The van der Waals surface area contributed by atoms with Crippen molar-refractivity contribution in [1.82, 2.24) is 10.6 Å². The Morgan fingerprint density at radius 1 is 1.24 bits per heavy atom. The molecule has 1 aliphatic heterocycles. The van der Waals surface area contributed by atoms with Gasteiger partial charge in [0.05, 0.1) is 17.6 Å². The molecule has 2 rings (SSSR count). The first-order valence-electron chi connectivity index (χ1n) is 6.53. The second kappa shape index (κ2) is 6.74. The van der Waals surface area contributed by atoms with Gasteiger partial charge in [-0.05, 0) is 24.3 Å². The first-order valence-corrected chi connectivity index (χ1v) is 8.73. The molecule has 8 heteroatoms. The molecule has 0 aromatic heterocycles. The minimum absolute atomic E-state index is 0.0701. The Morgan fingerprint density at radius 3 is 2.48 bits per heavy atom. The molecule has 3 N–H and O–H groups in total. The van der Waals surface area contributed by atoms with Crippen molar-refractivity contribution in [3.05, 3.63) is 34.9 Å². The molecule has 6 nitrogen and oxygen atoms in total. The molecule has 1 aliphatic rings. The first kappa shape index (κ1) is 16.2. The molecule has 1 heterocycles. The van der Waals surface area contributed by atoms with Crippen LogP contribution in [0, 0.1) is 0 Å². The van der Waals surface area contributed by atoms with Crippen molar-refractivity contribution >= 4 is 27.3 Å². The highest BCUT2D eigenvalue weighted by atomic mass is 35.5. The third-order valence-corrected chi connectivity index (χ3v) is 5.21. The zero-order chi connectivity index (χ0) is 15.5. The van der Waals surface area contributed by atoms with Crippen LogP contribution in [0.3, 0.4) is 0 Å². The van der Waals surface area contributed by atoms with Crippen LogP contribution >= 0.6 is 11.6 Å². The number of aliphatic hydroxyl groups is 1. The summed E-state index contributed by atoms with van der Waals surface area (Å²) < 4.78 is 22.6. The molecule has 0 radical (unpaired) electrons. The average Bonchev–Trinajstić information content (AvgIpc) is 2.68. The Bertz CT molecular complexity index is 603. The molecular weight excluding hydrogens is 316 g/mol. The van der Waals surface area contributed by atoms with Crippen LogP contribution in [0.2, 0.25) is 5.02 Å². The summed E-state index contributed by atoms with van der Waals surface area (Å²) in [6, 6.07) is 6.04. The number of hydrogen-bond donors (Lipinski definition) is 3. The maximum atomic E-state index is 11.8. The second-order valence-electron chi connectivity index (χ2n) is 4.97. The summed E-state index contributed by atoms with van der Waals surface area (Å²) in [6.45, 7) is 0.724. The molecule has 0 saturated carbocycles. The average molecular weight is 333 g/mol. The third kappa shape index (κ3) is 4.67. The van der Waals surface area contributed by atoms with E-state index in [1.165, 1.54) is 0 Å². The van der Waals surface area contributed by atoms with Crippen LogP contribution in [0.1, 0.15) is 10.4 Å². The Kier molecular flexibility index (Phi) is 5.21. The number of rotatable bonds is 5. The summed E-state index contributed by atoms with van der Waals surface area (Å²) in [5.74, 6) is -0.505. The SMILES string of the molecule is O=C(NCCN[C@@H]1CS(=O)(=O)C[C@H]1O)c1ccc(Cl)cc1. The molecule has 21 heavy (non-hydrogen) atoms. The lowest BCUT2D eigenvalue weighted by atomic mass is 10.2. The van der Waals surface area contributed by atoms with E-state index in [0.717, 1.165) is 0 Å². The summed E-state index contributed by atoms with van der Waals surface area (Å²) in [7, 11) is -3.16. The van der Waals surface area contributed by atoms with Gasteiger partial charge in [0.1, 0.15) is 0 Å². The van der Waals surface area contributed by atoms with Gasteiger partial charge in [-0.1, -0.05) is 11.6 Å². The maximum absolute atomic E-state index is 11.8. The minimum Gasteiger partial charge on any atom is -0.390 e. The number of carbonyl (C=O) groups is 1. The van der Waals surface area contributed by atoms with Crippen LogP contribution in [0.5, 0.6) is 0 Å². The van der Waals surface area contributed by atoms with Gasteiger partial charge in [0.2, 0.25) is 0 Å². The van der Waals surface area contributed by atoms with E-state index in [0.29, 0.717) is 23.7 Å². The van der Waals surface area contributed by atoms with Gasteiger partial charge < -0.3 is 15.7 Å². The van der Waals surface area contributed by atoms with Gasteiger partial charge in [0, 0.05) is 29.7 Å². The van der Waals surface area contributed by atoms with Crippen molar-refractivity contribution < 1.29 is 18.3 Å². The van der Waals surface area contributed by atoms with E-state index >= 15 is 0 Å². The highest BCUT2D eigenvalue weighted by molar-refractivity contribution is 7.91. The molecule has 116 valence electrons. The summed E-state index contributed by atoms with van der Waals surface area (Å²) in [5, 5.41) is 15.8. The van der Waals surface area contributed by atoms with Crippen LogP contribution in [0.25, 0.3) is 0 Å². The highest BCUT2D eigenvalue weighted by Crippen LogP contribution is 2.12. The van der Waals surface area contributed by atoms with Gasteiger partial charge in [-0.25, -0.2) is 8.42 Å². The number of benzene rings is 1. The first-order chi connectivity index (χ1) is 9.87. The molecule has 0 spiro atoms. The highest BCUT2D eigenvalue weighted by Gasteiger charge is 2.35. The van der Waals surface area contributed by atoms with Crippen molar-refractivity contribution in [2.45, 2.75) is 12.1 Å². The molecule has 1 aromatic rings. The molecule has 0 bridgehead atoms. The number of aliphatic hydroxyl groups excluding tert-OH is 1. The molecule has 1 aromatic carbocycles. The summed E-state index contributed by atoms with van der Waals surface area (Å²) >= 11 is 5.74. The maximum Gasteiger partial charge on any atom is 0.251 e. The Morgan fingerprint density at radius 2 is 1.90 bits per heavy atom. The normalized spacial score (nSPS) is 23.9. The van der Waals surface area contributed by atoms with E-state index in [2.05, 4.69) is 10.6 Å². The zero-order valence-corrected chi connectivity index (χ0v) is 12.8. The van der Waals surface area contributed by atoms with Crippen LogP contribution in [-0.2, 0) is 9.84 Å². The minimum atomic E-state index is -3.16. The van der Waals surface area contributed by atoms with E-state index in [1.54, 1.807) is 24.3 Å². The topological polar surface area (TPSA) is 95.5 Å². The lowest BCUT2D eigenvalue weighted by molar-refractivity contribution is 0.0953. The van der Waals surface area contributed by atoms with E-state index in [9.17, 15) is 18.3 Å². The smallest absolute Gasteiger partial charge is 0.251 e. The summed E-state index contributed by atoms with van der Waals surface area (Å²) in [5.41, 5.74) is 0.503. The van der Waals surface area contributed by atoms with Crippen molar-refractivity contribution in [3.8, 4) is 0 Å². The largest absolute Gasteiger partial charge is 0.390 e. The van der Waals surface area contributed by atoms with E-state index in [4.69, 9.17) is 11.6 Å². The van der Waals surface area contributed by atoms with Crippen molar-refractivity contribution in [1.29, 1.82) is 0 Å². The Hall–Kier alpha value is -1.15. The van der Waals surface area contributed by atoms with Gasteiger partial charge in [-0.15, -0.1) is 0 Å². The van der Waals surface area contributed by atoms with Gasteiger partial charge in [0.15, 0.2) is 9.84 Å². The number of sulfone groups is 1. The standard InChI is InChI=1S/C13H17ClN2O4S/c14-10-3-1-9(2-4-10)13(18)16-6-5-15-11-7-21(19,20)8-12(11)17/h1-4,11-12,15,17H,5-8H2,(H,16,18)/t11-,12-/m1/s1. The van der Waals surface area contributed by atoms with Crippen LogP contribution in [-0.4, -0.2) is 56.2 Å². The molecule has 1 amide bonds. The third-order valence-electron chi connectivity index (χ3n) is 3.25. The summed E-state index contributed by atoms with van der Waals surface area (Å²) in [6.07, 6.45) is -0.887. The number of nitrogens with one attached hydrogen (secondary N) is 2. The van der Waals surface area contributed by atoms with Crippen LogP contribution in [0.4, 0.5) is 0 Å². The predicted octanol–water partition coefficient (Wildman–Crippen LogP) is -0.183. The van der Waals surface area contributed by atoms with E-state index in [1.807, 2.05) is 0 Å². The van der Waals surface area contributed by atoms with Crippen molar-refractivity contribution in [2.75, 3.05) is 24.6 Å². The Labute approximate surface area is 128 Å². The molecule has 1 saturated heterocycles. The predicted molar refractivity (Wildman–Crippen MR) is 80.2 cm³/mol. The molecule has 1 fully saturated rings. The monoisotopic (exact) mass is 332 g/mol. The molecule has 0 unspecified atom stereocenters. The Balaban J connectivity index is 1.73. The molecular formula is C13H17ClN2O4S. The number of hydrogen-bond acceptors (Lipinski definition) is 5. The van der Waals surface area contributed by atoms with E-state index < -0.39 is 22.0 Å². The van der Waals surface area contributed by atoms with Gasteiger partial charge in [-0.2, -0.15) is 0 Å². The van der Waals surface area contributed by atoms with Gasteiger partial charge in [-0.3, -0.25) is 4.79 Å². The molecule has 2 atom stereocenters. The second-order valence-corrected chi connectivity index (χ2v) is 7.56. The number of carbonyl (C=O) groups excluding carboxylic acids is 1. The van der Waals surface area contributed by atoms with E-state index in [-0.39, 0.29) is 17.4 Å². The fraction of sp³-hybridized carbons (Fsp3) is 0.462. The fourth-order valence-corrected chi connectivity index (χ4v) is 4.06. The zero-order valence-electron chi connectivity index (χ0n) is 11.3. The van der Waals surface area contributed by atoms with Crippen LogP contribution in [0.15, 0.2) is 24.3 Å². The van der Waals surface area contributed by atoms with Crippen LogP contribution < -0.4 is 10.6 Å². The van der Waals surface area contributed by atoms with Gasteiger partial charge >= 0.3 is 0 Å². The lowest BCUT2D eigenvalue weighted by Crippen LogP contribution is -2.42. The summed E-state index contributed by atoms with van der Waals surface area (Å²) in [4.78, 5) is 11.8. The fourth-order valence-electron chi connectivity index (χ4n) is 2.16.